The molecule has 5 heteroatoms. The van der Waals surface area contributed by atoms with Gasteiger partial charge in [0.2, 0.25) is 0 Å². The van der Waals surface area contributed by atoms with E-state index in [9.17, 15) is 9.18 Å². The number of aromatic amines is 1. The summed E-state index contributed by atoms with van der Waals surface area (Å²) >= 11 is 3.13. The zero-order valence-electron chi connectivity index (χ0n) is 9.41. The van der Waals surface area contributed by atoms with Crippen LogP contribution in [-0.4, -0.2) is 9.97 Å². The molecule has 0 aliphatic heterocycles. The Morgan fingerprint density at radius 1 is 1.39 bits per heavy atom. The zero-order valence-corrected chi connectivity index (χ0v) is 11.0. The highest BCUT2D eigenvalue weighted by Gasteiger charge is 2.26. The van der Waals surface area contributed by atoms with Gasteiger partial charge in [-0.3, -0.25) is 4.79 Å². The number of rotatable bonds is 2. The third kappa shape index (κ3) is 2.10. The number of hydrogen-bond donors (Lipinski definition) is 1. The van der Waals surface area contributed by atoms with Gasteiger partial charge < -0.3 is 4.98 Å². The second kappa shape index (κ2) is 4.31. The molecule has 0 unspecified atom stereocenters. The molecule has 0 radical (unpaired) electrons. The van der Waals surface area contributed by atoms with Crippen molar-refractivity contribution in [1.82, 2.24) is 9.97 Å². The molecule has 3 nitrogen and oxygen atoms in total. The number of halogens is 2. The van der Waals surface area contributed by atoms with E-state index in [1.807, 2.05) is 0 Å². The lowest BCUT2D eigenvalue weighted by Gasteiger charge is -2.05. The van der Waals surface area contributed by atoms with Crippen molar-refractivity contribution in [2.75, 3.05) is 0 Å². The van der Waals surface area contributed by atoms with Crippen molar-refractivity contribution >= 4 is 15.9 Å². The molecule has 0 spiro atoms. The fourth-order valence-corrected chi connectivity index (χ4v) is 2.23. The van der Waals surface area contributed by atoms with Crippen LogP contribution >= 0.6 is 15.9 Å². The lowest BCUT2D eigenvalue weighted by molar-refractivity contribution is 0.624. The first-order valence-corrected chi connectivity index (χ1v) is 6.50. The molecule has 3 rings (SSSR count). The fraction of sp³-hybridized carbons (Fsp3) is 0.231. The van der Waals surface area contributed by atoms with Gasteiger partial charge in [0.05, 0.1) is 10.2 Å². The first kappa shape index (κ1) is 11.6. The highest BCUT2D eigenvalue weighted by atomic mass is 79.9. The Morgan fingerprint density at radius 3 is 2.89 bits per heavy atom. The lowest BCUT2D eigenvalue weighted by Crippen LogP contribution is -2.10. The van der Waals surface area contributed by atoms with Crippen LogP contribution < -0.4 is 5.56 Å². The Balaban J connectivity index is 2.16. The van der Waals surface area contributed by atoms with Crippen molar-refractivity contribution in [1.29, 1.82) is 0 Å². The summed E-state index contributed by atoms with van der Waals surface area (Å²) in [5.41, 5.74) is 0.498. The van der Waals surface area contributed by atoms with Crippen molar-refractivity contribution in [3.05, 3.63) is 50.7 Å². The first-order chi connectivity index (χ1) is 8.65. The lowest BCUT2D eigenvalue weighted by atomic mass is 10.1. The maximum atomic E-state index is 14.0. The predicted molar refractivity (Wildman–Crippen MR) is 69.9 cm³/mol. The average molecular weight is 309 g/mol. The molecule has 1 aromatic heterocycles. The Morgan fingerprint density at radius 2 is 2.17 bits per heavy atom. The van der Waals surface area contributed by atoms with Crippen LogP contribution in [0.15, 0.2) is 33.5 Å². The van der Waals surface area contributed by atoms with Crippen molar-refractivity contribution in [3.8, 4) is 11.3 Å². The molecule has 1 heterocycles. The number of aromatic nitrogens is 2. The molecule has 2 aromatic rings. The molecule has 1 aliphatic rings. The molecule has 0 amide bonds. The average Bonchev–Trinajstić information content (AvgIpc) is 3.16. The molecule has 1 aliphatic carbocycles. The normalized spacial score (nSPS) is 14.8. The summed E-state index contributed by atoms with van der Waals surface area (Å²) in [7, 11) is 0. The quantitative estimate of drug-likeness (QED) is 0.926. The number of nitrogens with zero attached hydrogens (tertiary/aromatic N) is 1. The molecule has 1 N–H and O–H groups in total. The third-order valence-corrected chi connectivity index (χ3v) is 3.56. The molecule has 0 saturated heterocycles. The highest BCUT2D eigenvalue weighted by molar-refractivity contribution is 9.10. The van der Waals surface area contributed by atoms with E-state index >= 15 is 0 Å². The van der Waals surface area contributed by atoms with Gasteiger partial charge in [-0.05, 0) is 40.9 Å². The van der Waals surface area contributed by atoms with Crippen LogP contribution in [0.3, 0.4) is 0 Å². The van der Waals surface area contributed by atoms with Gasteiger partial charge in [0, 0.05) is 17.5 Å². The van der Waals surface area contributed by atoms with Crippen LogP contribution in [0.5, 0.6) is 0 Å². The molecule has 1 aromatic carbocycles. The van der Waals surface area contributed by atoms with Gasteiger partial charge in [-0.25, -0.2) is 9.37 Å². The Kier molecular flexibility index (Phi) is 2.78. The second-order valence-corrected chi connectivity index (χ2v) is 5.25. The summed E-state index contributed by atoms with van der Waals surface area (Å²) in [6, 6.07) is 6.30. The summed E-state index contributed by atoms with van der Waals surface area (Å²) in [5, 5.41) is 0. The maximum Gasteiger partial charge on any atom is 0.251 e. The Bertz CT molecular complexity index is 664. The molecule has 1 fully saturated rings. The van der Waals surface area contributed by atoms with E-state index in [4.69, 9.17) is 0 Å². The van der Waals surface area contributed by atoms with Gasteiger partial charge in [0.15, 0.2) is 0 Å². The largest absolute Gasteiger partial charge is 0.310 e. The number of benzene rings is 1. The van der Waals surface area contributed by atoms with Crippen molar-refractivity contribution in [2.45, 2.75) is 18.8 Å². The van der Waals surface area contributed by atoms with Gasteiger partial charge in [-0.2, -0.15) is 0 Å². The number of hydrogen-bond acceptors (Lipinski definition) is 2. The van der Waals surface area contributed by atoms with E-state index in [0.29, 0.717) is 27.5 Å². The molecular weight excluding hydrogens is 299 g/mol. The summed E-state index contributed by atoms with van der Waals surface area (Å²) < 4.78 is 14.3. The van der Waals surface area contributed by atoms with Crippen LogP contribution in [0, 0.1) is 5.82 Å². The van der Waals surface area contributed by atoms with Crippen molar-refractivity contribution in [3.63, 3.8) is 0 Å². The van der Waals surface area contributed by atoms with Gasteiger partial charge in [0.25, 0.3) is 5.56 Å². The highest BCUT2D eigenvalue weighted by Crippen LogP contribution is 2.38. The van der Waals surface area contributed by atoms with Crippen molar-refractivity contribution in [2.24, 2.45) is 0 Å². The summed E-state index contributed by atoms with van der Waals surface area (Å²) in [5.74, 6) is 0.599. The minimum absolute atomic E-state index is 0.235. The number of nitrogens with one attached hydrogen (secondary N) is 1. The monoisotopic (exact) mass is 308 g/mol. The van der Waals surface area contributed by atoms with Gasteiger partial charge in [-0.1, -0.05) is 6.07 Å². The maximum absolute atomic E-state index is 14.0. The summed E-state index contributed by atoms with van der Waals surface area (Å²) in [6.07, 6.45) is 2.07. The van der Waals surface area contributed by atoms with E-state index in [2.05, 4.69) is 25.9 Å². The molecule has 92 valence electrons. The second-order valence-electron chi connectivity index (χ2n) is 4.39. The van der Waals surface area contributed by atoms with Crippen LogP contribution in [0.2, 0.25) is 0 Å². The Hall–Kier alpha value is -1.49. The molecular formula is C13H10BrFN2O. The van der Waals surface area contributed by atoms with Crippen LogP contribution in [-0.2, 0) is 0 Å². The molecule has 0 atom stereocenters. The molecule has 1 saturated carbocycles. The van der Waals surface area contributed by atoms with Crippen LogP contribution in [0.1, 0.15) is 24.6 Å². The first-order valence-electron chi connectivity index (χ1n) is 5.71. The minimum Gasteiger partial charge on any atom is -0.310 e. The summed E-state index contributed by atoms with van der Waals surface area (Å²) in [4.78, 5) is 18.6. The van der Waals surface area contributed by atoms with Crippen LogP contribution in [0.25, 0.3) is 11.3 Å². The van der Waals surface area contributed by atoms with E-state index < -0.39 is 5.82 Å². The minimum atomic E-state index is -0.391. The topological polar surface area (TPSA) is 45.8 Å². The summed E-state index contributed by atoms with van der Waals surface area (Å²) in [6.45, 7) is 0. The zero-order chi connectivity index (χ0) is 12.7. The Labute approximate surface area is 111 Å². The van der Waals surface area contributed by atoms with E-state index in [1.165, 1.54) is 6.07 Å². The third-order valence-electron chi connectivity index (χ3n) is 2.95. The van der Waals surface area contributed by atoms with Crippen molar-refractivity contribution < 1.29 is 4.39 Å². The van der Waals surface area contributed by atoms with Gasteiger partial charge >= 0.3 is 0 Å². The molecule has 18 heavy (non-hydrogen) atoms. The SMILES string of the molecule is O=c1cc(-c2cccc(Br)c2F)nc(C2CC2)[nH]1. The standard InChI is InChI=1S/C13H10BrFN2O/c14-9-3-1-2-8(12(9)15)10-6-11(18)17-13(16-10)7-4-5-7/h1-3,6-7H,4-5H2,(H,16,17,18). The smallest absolute Gasteiger partial charge is 0.251 e. The molecule has 0 bridgehead atoms. The van der Waals surface area contributed by atoms with Gasteiger partial charge in [-0.15, -0.1) is 0 Å². The van der Waals surface area contributed by atoms with E-state index in [1.54, 1.807) is 18.2 Å². The van der Waals surface area contributed by atoms with E-state index in [-0.39, 0.29) is 5.56 Å². The van der Waals surface area contributed by atoms with E-state index in [0.717, 1.165) is 12.8 Å². The fourth-order valence-electron chi connectivity index (χ4n) is 1.87. The van der Waals surface area contributed by atoms with Gasteiger partial charge in [0.1, 0.15) is 11.6 Å². The predicted octanol–water partition coefficient (Wildman–Crippen LogP) is 3.22. The number of H-pyrrole nitrogens is 1. The van der Waals surface area contributed by atoms with Crippen LogP contribution in [0.4, 0.5) is 4.39 Å².